The number of hydrogen-bond donors (Lipinski definition) is 0. The number of rotatable bonds is 4. The van der Waals surface area contributed by atoms with Gasteiger partial charge in [0.1, 0.15) is 10.8 Å². The number of benzene rings is 1. The molecule has 0 atom stereocenters. The monoisotopic (exact) mass is 214 g/mol. The van der Waals surface area contributed by atoms with Gasteiger partial charge >= 0.3 is 0 Å². The van der Waals surface area contributed by atoms with Crippen molar-refractivity contribution in [1.82, 2.24) is 0 Å². The first-order valence-electron chi connectivity index (χ1n) is 4.19. The molecule has 0 bridgehead atoms. The molecule has 1 aromatic carbocycles. The van der Waals surface area contributed by atoms with Crippen LogP contribution in [0.1, 0.15) is 17.3 Å². The van der Waals surface area contributed by atoms with Crippen LogP contribution in [0.2, 0.25) is 5.02 Å². The second-order valence-electron chi connectivity index (χ2n) is 2.55. The van der Waals surface area contributed by atoms with Crippen molar-refractivity contribution >= 4 is 17.9 Å². The van der Waals surface area contributed by atoms with E-state index in [9.17, 15) is 4.79 Å². The van der Waals surface area contributed by atoms with E-state index in [2.05, 4.69) is 0 Å². The summed E-state index contributed by atoms with van der Waals surface area (Å²) in [5.41, 5.74) is 0.418. The van der Waals surface area contributed by atoms with E-state index in [1.54, 1.807) is 12.1 Å². The molecule has 0 unspecified atom stereocenters. The van der Waals surface area contributed by atoms with Crippen LogP contribution in [0.25, 0.3) is 0 Å². The minimum atomic E-state index is 0.332. The molecule has 4 heteroatoms. The van der Waals surface area contributed by atoms with Crippen molar-refractivity contribution in [2.24, 2.45) is 0 Å². The summed E-state index contributed by atoms with van der Waals surface area (Å²) >= 11 is 5.96. The fourth-order valence-corrected chi connectivity index (χ4v) is 1.42. The summed E-state index contributed by atoms with van der Waals surface area (Å²) in [7, 11) is 1.46. The van der Waals surface area contributed by atoms with Crippen LogP contribution in [0.3, 0.4) is 0 Å². The van der Waals surface area contributed by atoms with E-state index in [1.807, 2.05) is 6.92 Å². The van der Waals surface area contributed by atoms with E-state index >= 15 is 0 Å². The summed E-state index contributed by atoms with van der Waals surface area (Å²) in [6, 6.07) is 3.26. The van der Waals surface area contributed by atoms with Crippen LogP contribution >= 0.6 is 11.6 Å². The number of halogens is 1. The van der Waals surface area contributed by atoms with Gasteiger partial charge in [0, 0.05) is 0 Å². The fraction of sp³-hybridized carbons (Fsp3) is 0.300. The molecule has 0 radical (unpaired) electrons. The molecule has 0 saturated carbocycles. The first-order valence-corrected chi connectivity index (χ1v) is 4.56. The Balaban J connectivity index is 3.20. The van der Waals surface area contributed by atoms with Crippen molar-refractivity contribution in [2.75, 3.05) is 13.7 Å². The lowest BCUT2D eigenvalue weighted by Gasteiger charge is -2.10. The van der Waals surface area contributed by atoms with Gasteiger partial charge in [-0.1, -0.05) is 11.6 Å². The summed E-state index contributed by atoms with van der Waals surface area (Å²) in [5, 5.41) is 0.332. The zero-order valence-electron chi connectivity index (χ0n) is 8.04. The summed E-state index contributed by atoms with van der Waals surface area (Å²) in [6.45, 7) is 2.37. The molecule has 76 valence electrons. The Bertz CT molecular complexity index is 336. The van der Waals surface area contributed by atoms with Crippen LogP contribution < -0.4 is 9.47 Å². The average Bonchev–Trinajstić information content (AvgIpc) is 2.21. The number of hydrogen-bond acceptors (Lipinski definition) is 3. The molecule has 0 aliphatic carbocycles. The zero-order valence-corrected chi connectivity index (χ0v) is 8.80. The van der Waals surface area contributed by atoms with Gasteiger partial charge in [-0.3, -0.25) is 4.79 Å². The highest BCUT2D eigenvalue weighted by molar-refractivity contribution is 6.34. The maximum atomic E-state index is 10.6. The summed E-state index contributed by atoms with van der Waals surface area (Å²) < 4.78 is 10.3. The second-order valence-corrected chi connectivity index (χ2v) is 2.93. The van der Waals surface area contributed by atoms with E-state index < -0.39 is 0 Å². The molecule has 1 rings (SSSR count). The van der Waals surface area contributed by atoms with E-state index in [4.69, 9.17) is 21.1 Å². The first kappa shape index (κ1) is 10.9. The van der Waals surface area contributed by atoms with Gasteiger partial charge in [0.25, 0.3) is 0 Å². The van der Waals surface area contributed by atoms with Crippen molar-refractivity contribution in [3.8, 4) is 11.5 Å². The molecule has 1 aromatic rings. The quantitative estimate of drug-likeness (QED) is 0.723. The highest BCUT2D eigenvalue weighted by atomic mass is 35.5. The van der Waals surface area contributed by atoms with Gasteiger partial charge in [-0.15, -0.1) is 0 Å². The second kappa shape index (κ2) is 4.86. The molecule has 0 heterocycles. The Morgan fingerprint density at radius 1 is 1.50 bits per heavy atom. The normalized spacial score (nSPS) is 9.64. The van der Waals surface area contributed by atoms with Gasteiger partial charge in [0.15, 0.2) is 12.0 Å². The summed E-state index contributed by atoms with van der Waals surface area (Å²) in [5.74, 6) is 0.879. The zero-order chi connectivity index (χ0) is 10.6. The molecule has 0 saturated heterocycles. The summed E-state index contributed by atoms with van der Waals surface area (Å²) in [6.07, 6.45) is 0.695. The minimum absolute atomic E-state index is 0.332. The highest BCUT2D eigenvalue weighted by Gasteiger charge is 2.12. The number of carbonyl (C=O) groups is 1. The Morgan fingerprint density at radius 2 is 2.21 bits per heavy atom. The van der Waals surface area contributed by atoms with Gasteiger partial charge in [-0.2, -0.15) is 0 Å². The Morgan fingerprint density at radius 3 is 2.71 bits per heavy atom. The molecule has 14 heavy (non-hydrogen) atoms. The maximum Gasteiger partial charge on any atom is 0.153 e. The first-order chi connectivity index (χ1) is 6.74. The third kappa shape index (κ3) is 1.99. The Hall–Kier alpha value is -1.22. The number of aldehydes is 1. The lowest BCUT2D eigenvalue weighted by Crippen LogP contribution is -1.97. The number of ether oxygens (including phenoxy) is 2. The van der Waals surface area contributed by atoms with Crippen molar-refractivity contribution in [3.05, 3.63) is 22.7 Å². The third-order valence-electron chi connectivity index (χ3n) is 1.72. The molecule has 0 fully saturated rings. The fourth-order valence-electron chi connectivity index (χ4n) is 1.12. The van der Waals surface area contributed by atoms with Crippen molar-refractivity contribution in [1.29, 1.82) is 0 Å². The maximum absolute atomic E-state index is 10.6. The van der Waals surface area contributed by atoms with E-state index in [1.165, 1.54) is 7.11 Å². The lowest BCUT2D eigenvalue weighted by atomic mass is 10.2. The van der Waals surface area contributed by atoms with Gasteiger partial charge in [0.05, 0.1) is 19.3 Å². The van der Waals surface area contributed by atoms with Crippen molar-refractivity contribution in [3.63, 3.8) is 0 Å². The standard InChI is InChI=1S/C10H11ClO3/c1-3-14-8-5-4-7(6-12)10(13-2)9(8)11/h4-6H,3H2,1-2H3. The molecule has 0 amide bonds. The SMILES string of the molecule is CCOc1ccc(C=O)c(OC)c1Cl. The van der Waals surface area contributed by atoms with Crippen molar-refractivity contribution < 1.29 is 14.3 Å². The molecule has 0 aliphatic heterocycles. The Labute approximate surface area is 87.6 Å². The lowest BCUT2D eigenvalue weighted by molar-refractivity contribution is 0.112. The largest absolute Gasteiger partial charge is 0.494 e. The van der Waals surface area contributed by atoms with Crippen LogP contribution in [0.5, 0.6) is 11.5 Å². The topological polar surface area (TPSA) is 35.5 Å². The third-order valence-corrected chi connectivity index (χ3v) is 2.08. The summed E-state index contributed by atoms with van der Waals surface area (Å²) in [4.78, 5) is 10.6. The van der Waals surface area contributed by atoms with Crippen LogP contribution in [0.4, 0.5) is 0 Å². The molecule has 3 nitrogen and oxygen atoms in total. The number of carbonyl (C=O) groups excluding carboxylic acids is 1. The van der Waals surface area contributed by atoms with E-state index in [0.29, 0.717) is 35.0 Å². The van der Waals surface area contributed by atoms with E-state index in [0.717, 1.165) is 0 Å². The molecule has 0 aromatic heterocycles. The van der Waals surface area contributed by atoms with Crippen LogP contribution in [-0.2, 0) is 0 Å². The number of methoxy groups -OCH3 is 1. The van der Waals surface area contributed by atoms with Crippen LogP contribution in [0.15, 0.2) is 12.1 Å². The molecule has 0 aliphatic rings. The van der Waals surface area contributed by atoms with E-state index in [-0.39, 0.29) is 0 Å². The highest BCUT2D eigenvalue weighted by Crippen LogP contribution is 2.36. The Kier molecular flexibility index (Phi) is 3.77. The van der Waals surface area contributed by atoms with Gasteiger partial charge in [-0.05, 0) is 19.1 Å². The smallest absolute Gasteiger partial charge is 0.153 e. The van der Waals surface area contributed by atoms with Crippen LogP contribution in [-0.4, -0.2) is 20.0 Å². The van der Waals surface area contributed by atoms with Crippen LogP contribution in [0, 0.1) is 0 Å². The van der Waals surface area contributed by atoms with Gasteiger partial charge in [-0.25, -0.2) is 0 Å². The molecular formula is C10H11ClO3. The van der Waals surface area contributed by atoms with Gasteiger partial charge < -0.3 is 9.47 Å². The minimum Gasteiger partial charge on any atom is -0.494 e. The molecule has 0 N–H and O–H groups in total. The average molecular weight is 215 g/mol. The molecular weight excluding hydrogens is 204 g/mol. The van der Waals surface area contributed by atoms with Gasteiger partial charge in [0.2, 0.25) is 0 Å². The predicted octanol–water partition coefficient (Wildman–Crippen LogP) is 2.56. The predicted molar refractivity (Wildman–Crippen MR) is 54.6 cm³/mol. The molecule has 0 spiro atoms. The van der Waals surface area contributed by atoms with Crippen molar-refractivity contribution in [2.45, 2.75) is 6.92 Å².